The zero-order valence-corrected chi connectivity index (χ0v) is 9.39. The molecule has 0 rings (SSSR count). The molecule has 0 saturated heterocycles. The Labute approximate surface area is 77.0 Å². The van der Waals surface area contributed by atoms with E-state index in [1.54, 1.807) is 6.92 Å². The molecule has 0 aromatic heterocycles. The molecule has 1 nitrogen and oxygen atoms in total. The van der Waals surface area contributed by atoms with Crippen molar-refractivity contribution in [3.63, 3.8) is 0 Å². The second-order valence-corrected chi connectivity index (χ2v) is 3.62. The van der Waals surface area contributed by atoms with Gasteiger partial charge in [-0.15, -0.1) is 0 Å². The SMILES string of the molecule is CC(F)C(C)CN(C)C.CCC. The molecule has 76 valence electrons. The number of nitrogens with zero attached hydrogens (tertiary/aromatic N) is 1. The van der Waals surface area contributed by atoms with E-state index < -0.39 is 6.17 Å². The van der Waals surface area contributed by atoms with Crippen molar-refractivity contribution in [2.45, 2.75) is 40.3 Å². The normalized spacial score (nSPS) is 15.0. The zero-order valence-electron chi connectivity index (χ0n) is 9.39. The highest BCUT2D eigenvalue weighted by Crippen LogP contribution is 2.06. The van der Waals surface area contributed by atoms with Gasteiger partial charge in [-0.25, -0.2) is 4.39 Å². The highest BCUT2D eigenvalue weighted by molar-refractivity contribution is 4.61. The van der Waals surface area contributed by atoms with Crippen LogP contribution in [0.15, 0.2) is 0 Å². The molecule has 0 aromatic carbocycles. The third kappa shape index (κ3) is 12.6. The van der Waals surface area contributed by atoms with Gasteiger partial charge in [-0.1, -0.05) is 27.2 Å². The van der Waals surface area contributed by atoms with Crippen LogP contribution in [0.2, 0.25) is 0 Å². The standard InChI is InChI=1S/C7H16FN.C3H8/c1-6(7(2)8)5-9(3)4;1-3-2/h6-7H,5H2,1-4H3;3H2,1-2H3. The van der Waals surface area contributed by atoms with Gasteiger partial charge in [0.1, 0.15) is 6.17 Å². The van der Waals surface area contributed by atoms with E-state index in [1.165, 1.54) is 6.42 Å². The van der Waals surface area contributed by atoms with Crippen molar-refractivity contribution in [3.05, 3.63) is 0 Å². The predicted octanol–water partition coefficient (Wildman–Crippen LogP) is 2.96. The van der Waals surface area contributed by atoms with Crippen LogP contribution in [0.4, 0.5) is 4.39 Å². The quantitative estimate of drug-likeness (QED) is 0.640. The first-order valence-electron chi connectivity index (χ1n) is 4.74. The van der Waals surface area contributed by atoms with Crippen molar-refractivity contribution in [1.82, 2.24) is 4.90 Å². The Kier molecular flexibility index (Phi) is 10.8. The lowest BCUT2D eigenvalue weighted by atomic mass is 10.1. The van der Waals surface area contributed by atoms with Crippen molar-refractivity contribution in [2.75, 3.05) is 20.6 Å². The molecular formula is C10H24FN. The molecule has 0 spiro atoms. The lowest BCUT2D eigenvalue weighted by molar-refractivity contribution is 0.215. The van der Waals surface area contributed by atoms with E-state index >= 15 is 0 Å². The minimum atomic E-state index is -0.688. The van der Waals surface area contributed by atoms with Crippen LogP contribution in [0.5, 0.6) is 0 Å². The fraction of sp³-hybridized carbons (Fsp3) is 1.00. The van der Waals surface area contributed by atoms with Gasteiger partial charge in [0, 0.05) is 6.54 Å². The van der Waals surface area contributed by atoms with E-state index in [4.69, 9.17) is 0 Å². The van der Waals surface area contributed by atoms with Crippen LogP contribution >= 0.6 is 0 Å². The highest BCUT2D eigenvalue weighted by Gasteiger charge is 2.10. The Hall–Kier alpha value is -0.110. The summed E-state index contributed by atoms with van der Waals surface area (Å²) in [4.78, 5) is 2.00. The van der Waals surface area contributed by atoms with Gasteiger partial charge >= 0.3 is 0 Å². The second-order valence-electron chi connectivity index (χ2n) is 3.62. The van der Waals surface area contributed by atoms with Crippen molar-refractivity contribution in [3.8, 4) is 0 Å². The smallest absolute Gasteiger partial charge is 0.101 e. The summed E-state index contributed by atoms with van der Waals surface area (Å²) in [5, 5.41) is 0. The summed E-state index contributed by atoms with van der Waals surface area (Å²) in [5.74, 6) is 0.153. The molecule has 0 aliphatic carbocycles. The molecule has 0 radical (unpaired) electrons. The lowest BCUT2D eigenvalue weighted by Gasteiger charge is -2.17. The minimum Gasteiger partial charge on any atom is -0.309 e. The van der Waals surface area contributed by atoms with Gasteiger partial charge in [0.25, 0.3) is 0 Å². The van der Waals surface area contributed by atoms with Gasteiger partial charge in [-0.2, -0.15) is 0 Å². The zero-order chi connectivity index (χ0) is 10.1. The van der Waals surface area contributed by atoms with Gasteiger partial charge in [0.15, 0.2) is 0 Å². The largest absolute Gasteiger partial charge is 0.309 e. The van der Waals surface area contributed by atoms with E-state index in [0.717, 1.165) is 6.54 Å². The number of rotatable bonds is 3. The summed E-state index contributed by atoms with van der Waals surface area (Å²) < 4.78 is 12.4. The van der Waals surface area contributed by atoms with Crippen LogP contribution in [0.1, 0.15) is 34.1 Å². The Morgan fingerprint density at radius 2 is 1.50 bits per heavy atom. The summed E-state index contributed by atoms with van der Waals surface area (Å²) in [7, 11) is 3.91. The first-order valence-corrected chi connectivity index (χ1v) is 4.74. The molecule has 2 atom stereocenters. The van der Waals surface area contributed by atoms with Gasteiger partial charge in [-0.3, -0.25) is 0 Å². The topological polar surface area (TPSA) is 3.24 Å². The maximum absolute atomic E-state index is 12.4. The van der Waals surface area contributed by atoms with Crippen molar-refractivity contribution >= 4 is 0 Å². The van der Waals surface area contributed by atoms with Crippen LogP contribution in [0.25, 0.3) is 0 Å². The molecule has 0 heterocycles. The fourth-order valence-corrected chi connectivity index (χ4v) is 0.721. The van der Waals surface area contributed by atoms with E-state index in [9.17, 15) is 4.39 Å². The Morgan fingerprint density at radius 1 is 1.17 bits per heavy atom. The number of hydrogen-bond acceptors (Lipinski definition) is 1. The Bertz CT molecular complexity index is 81.9. The first-order chi connectivity index (χ1) is 5.45. The molecule has 0 saturated carbocycles. The molecule has 0 N–H and O–H groups in total. The average Bonchev–Trinajstić information content (AvgIpc) is 1.87. The summed E-state index contributed by atoms with van der Waals surface area (Å²) in [6, 6.07) is 0. The van der Waals surface area contributed by atoms with E-state index in [0.29, 0.717) is 0 Å². The molecule has 12 heavy (non-hydrogen) atoms. The molecule has 0 amide bonds. The fourth-order valence-electron chi connectivity index (χ4n) is 0.721. The third-order valence-corrected chi connectivity index (χ3v) is 1.44. The van der Waals surface area contributed by atoms with E-state index in [2.05, 4.69) is 13.8 Å². The lowest BCUT2D eigenvalue weighted by Crippen LogP contribution is -2.24. The molecule has 0 bridgehead atoms. The Morgan fingerprint density at radius 3 is 1.58 bits per heavy atom. The molecule has 0 aliphatic rings. The number of hydrogen-bond donors (Lipinski definition) is 0. The van der Waals surface area contributed by atoms with Crippen molar-refractivity contribution in [2.24, 2.45) is 5.92 Å². The minimum absolute atomic E-state index is 0.153. The van der Waals surface area contributed by atoms with Gasteiger partial charge < -0.3 is 4.90 Å². The summed E-state index contributed by atoms with van der Waals surface area (Å²) in [6.45, 7) is 8.61. The molecule has 0 aromatic rings. The summed E-state index contributed by atoms with van der Waals surface area (Å²) in [5.41, 5.74) is 0. The molecule has 2 unspecified atom stereocenters. The molecular weight excluding hydrogens is 153 g/mol. The maximum Gasteiger partial charge on any atom is 0.101 e. The van der Waals surface area contributed by atoms with Crippen LogP contribution < -0.4 is 0 Å². The summed E-state index contributed by atoms with van der Waals surface area (Å²) >= 11 is 0. The van der Waals surface area contributed by atoms with Gasteiger partial charge in [0.2, 0.25) is 0 Å². The third-order valence-electron chi connectivity index (χ3n) is 1.44. The van der Waals surface area contributed by atoms with E-state index in [-0.39, 0.29) is 5.92 Å². The van der Waals surface area contributed by atoms with Crippen LogP contribution in [-0.2, 0) is 0 Å². The summed E-state index contributed by atoms with van der Waals surface area (Å²) in [6.07, 6.45) is 0.562. The first kappa shape index (κ1) is 14.4. The van der Waals surface area contributed by atoms with Crippen LogP contribution in [0.3, 0.4) is 0 Å². The predicted molar refractivity (Wildman–Crippen MR) is 54.3 cm³/mol. The number of alkyl halides is 1. The van der Waals surface area contributed by atoms with Crippen LogP contribution in [-0.4, -0.2) is 31.7 Å². The molecule has 0 aliphatic heterocycles. The Balaban J connectivity index is 0. The average molecular weight is 177 g/mol. The van der Waals surface area contributed by atoms with Crippen molar-refractivity contribution < 1.29 is 4.39 Å². The monoisotopic (exact) mass is 177 g/mol. The molecule has 2 heteroatoms. The highest BCUT2D eigenvalue weighted by atomic mass is 19.1. The maximum atomic E-state index is 12.4. The van der Waals surface area contributed by atoms with Crippen molar-refractivity contribution in [1.29, 1.82) is 0 Å². The van der Waals surface area contributed by atoms with Gasteiger partial charge in [-0.05, 0) is 26.9 Å². The van der Waals surface area contributed by atoms with Gasteiger partial charge in [0.05, 0.1) is 0 Å². The molecule has 0 fully saturated rings. The number of halogens is 1. The van der Waals surface area contributed by atoms with Crippen LogP contribution in [0, 0.1) is 5.92 Å². The van der Waals surface area contributed by atoms with E-state index in [1.807, 2.05) is 25.9 Å². The second kappa shape index (κ2) is 8.98.